The van der Waals surface area contributed by atoms with Crippen LogP contribution in [-0.2, 0) is 17.4 Å². The van der Waals surface area contributed by atoms with Crippen LogP contribution < -0.4 is 25.8 Å². The number of anilines is 3. The number of benzene rings is 1. The van der Waals surface area contributed by atoms with Crippen molar-refractivity contribution >= 4 is 51.8 Å². The van der Waals surface area contributed by atoms with Gasteiger partial charge >= 0.3 is 0 Å². The average Bonchev–Trinajstić information content (AvgIpc) is 3.19. The topological polar surface area (TPSA) is 132 Å². The van der Waals surface area contributed by atoms with Crippen molar-refractivity contribution in [2.45, 2.75) is 60.7 Å². The molecule has 0 unspecified atom stereocenters. The fourth-order valence-electron chi connectivity index (χ4n) is 5.30. The van der Waals surface area contributed by atoms with Gasteiger partial charge in [-0.3, -0.25) is 0 Å². The number of aromatic nitrogens is 3. The molecule has 0 radical (unpaired) electrons. The molecule has 1 aromatic carbocycles. The molecular weight excluding hydrogens is 554 g/mol. The first-order chi connectivity index (χ1) is 18.5. The van der Waals surface area contributed by atoms with Crippen LogP contribution in [0.4, 0.5) is 17.5 Å². The molecule has 0 bridgehead atoms. The summed E-state index contributed by atoms with van der Waals surface area (Å²) in [5.41, 5.74) is 14.6. The van der Waals surface area contributed by atoms with Crippen LogP contribution in [0.1, 0.15) is 50.8 Å². The third-order valence-corrected chi connectivity index (χ3v) is 10.7. The number of piperidine rings is 1. The smallest absolute Gasteiger partial charge is 0.158 e. The fraction of sp³-hybridized carbons (Fsp3) is 0.444. The minimum Gasteiger partial charge on any atom is -0.497 e. The van der Waals surface area contributed by atoms with Crippen molar-refractivity contribution in [2.75, 3.05) is 36.6 Å². The number of nitrogens with zero attached hydrogens (tertiary/aromatic N) is 4. The first kappa shape index (κ1) is 27.9. The highest BCUT2D eigenvalue weighted by molar-refractivity contribution is 7.99. The van der Waals surface area contributed by atoms with Gasteiger partial charge in [-0.05, 0) is 74.8 Å². The van der Waals surface area contributed by atoms with E-state index in [2.05, 4.69) is 36.7 Å². The number of nitrogen functional groups attached to an aromatic ring is 2. The van der Waals surface area contributed by atoms with Crippen LogP contribution in [0.25, 0.3) is 0 Å². The predicted octanol–water partition coefficient (Wildman–Crippen LogP) is 4.79. The van der Waals surface area contributed by atoms with E-state index in [1.165, 1.54) is 22.9 Å². The Labute approximate surface area is 241 Å². The molecule has 2 aromatic heterocycles. The van der Waals surface area contributed by atoms with Gasteiger partial charge in [-0.1, -0.05) is 29.4 Å². The number of pyridine rings is 1. The minimum absolute atomic E-state index is 0.0303. The lowest BCUT2D eigenvalue weighted by Gasteiger charge is -2.44. The Bertz CT molecular complexity index is 1410. The van der Waals surface area contributed by atoms with Gasteiger partial charge in [0.25, 0.3) is 0 Å². The Kier molecular flexibility index (Phi) is 7.71. The van der Waals surface area contributed by atoms with E-state index in [-0.39, 0.29) is 22.0 Å². The van der Waals surface area contributed by atoms with E-state index in [0.29, 0.717) is 15.9 Å². The van der Waals surface area contributed by atoms with Gasteiger partial charge in [0.1, 0.15) is 22.4 Å². The number of hydrogen-bond acceptors (Lipinski definition) is 9. The van der Waals surface area contributed by atoms with Crippen molar-refractivity contribution in [1.82, 2.24) is 19.7 Å². The maximum Gasteiger partial charge on any atom is 0.158 e. The van der Waals surface area contributed by atoms with E-state index in [4.69, 9.17) is 27.8 Å². The second-order valence-electron chi connectivity index (χ2n) is 11.1. The van der Waals surface area contributed by atoms with Crippen LogP contribution in [0.3, 0.4) is 0 Å². The van der Waals surface area contributed by atoms with Crippen LogP contribution in [0, 0.1) is 5.41 Å². The summed E-state index contributed by atoms with van der Waals surface area (Å²) in [5, 5.41) is 0.939. The molecule has 1 saturated heterocycles. The third kappa shape index (κ3) is 5.54. The second kappa shape index (κ2) is 10.8. The van der Waals surface area contributed by atoms with Gasteiger partial charge in [0.15, 0.2) is 5.82 Å². The highest BCUT2D eigenvalue weighted by Gasteiger charge is 2.49. The molecule has 2 aliphatic rings. The number of methoxy groups -OCH3 is 1. The number of hydrogen-bond donors (Lipinski definition) is 3. The average molecular weight is 588 g/mol. The Balaban J connectivity index is 1.34. The van der Waals surface area contributed by atoms with Crippen molar-refractivity contribution < 1.29 is 8.95 Å². The monoisotopic (exact) mass is 587 g/mol. The predicted molar refractivity (Wildman–Crippen MR) is 159 cm³/mol. The molecule has 12 heteroatoms. The van der Waals surface area contributed by atoms with E-state index < -0.39 is 11.0 Å². The van der Waals surface area contributed by atoms with Gasteiger partial charge in [-0.15, -0.1) is 0 Å². The molecule has 5 N–H and O–H groups in total. The second-order valence-corrected chi connectivity index (χ2v) is 14.5. The van der Waals surface area contributed by atoms with Gasteiger partial charge in [0.05, 0.1) is 40.1 Å². The molecule has 2 atom stereocenters. The summed E-state index contributed by atoms with van der Waals surface area (Å²) in [6.45, 7) is 7.57. The molecule has 39 heavy (non-hydrogen) atoms. The Hall–Kier alpha value is -2.60. The standard InChI is InChI=1S/C27H34ClN7O2S2/c1-26(2,3)39(36)34-22-18-13-17(37-4)6-5-16(18)14-27(22)8-11-35(12-9-27)20-15-32-25(24(30)33-20)38-19-7-10-31-23(29)21(19)28/h5-7,10,13,15,22,34H,8-9,11-12,14H2,1-4H3,(H2,29,31)(H2,30,33)/t22-,39-/m1/s1. The van der Waals surface area contributed by atoms with E-state index >= 15 is 0 Å². The van der Waals surface area contributed by atoms with Crippen molar-refractivity contribution in [3.05, 3.63) is 52.8 Å². The summed E-state index contributed by atoms with van der Waals surface area (Å²) in [7, 11) is 0.471. The zero-order valence-electron chi connectivity index (χ0n) is 22.5. The highest BCUT2D eigenvalue weighted by Crippen LogP contribution is 2.53. The van der Waals surface area contributed by atoms with Gasteiger partial charge < -0.3 is 21.1 Å². The van der Waals surface area contributed by atoms with Crippen molar-refractivity contribution in [2.24, 2.45) is 5.41 Å². The van der Waals surface area contributed by atoms with Gasteiger partial charge in [-0.2, -0.15) is 0 Å². The number of nitrogens with two attached hydrogens (primary N) is 2. The van der Waals surface area contributed by atoms with Crippen molar-refractivity contribution in [3.8, 4) is 5.75 Å². The lowest BCUT2D eigenvalue weighted by atomic mass is 9.73. The Morgan fingerprint density at radius 2 is 1.92 bits per heavy atom. The maximum atomic E-state index is 13.2. The number of ether oxygens (including phenoxy) is 1. The van der Waals surface area contributed by atoms with E-state index in [1.54, 1.807) is 25.6 Å². The number of rotatable bonds is 6. The summed E-state index contributed by atoms with van der Waals surface area (Å²) < 4.78 is 21.9. The summed E-state index contributed by atoms with van der Waals surface area (Å²) in [5.74, 6) is 2.16. The highest BCUT2D eigenvalue weighted by atomic mass is 35.5. The largest absolute Gasteiger partial charge is 0.497 e. The first-order valence-electron chi connectivity index (χ1n) is 12.8. The van der Waals surface area contributed by atoms with Gasteiger partial charge in [-0.25, -0.2) is 23.9 Å². The van der Waals surface area contributed by atoms with E-state index in [9.17, 15) is 4.21 Å². The molecule has 1 aliphatic carbocycles. The molecule has 0 amide bonds. The third-order valence-electron chi connectivity index (χ3n) is 7.52. The number of halogens is 1. The zero-order chi connectivity index (χ0) is 27.9. The van der Waals surface area contributed by atoms with Crippen molar-refractivity contribution in [1.29, 1.82) is 0 Å². The number of nitrogens with one attached hydrogen (secondary N) is 1. The quantitative estimate of drug-likeness (QED) is 0.372. The summed E-state index contributed by atoms with van der Waals surface area (Å²) >= 11 is 7.60. The lowest BCUT2D eigenvalue weighted by molar-refractivity contribution is 0.177. The van der Waals surface area contributed by atoms with Crippen LogP contribution in [0.15, 0.2) is 46.6 Å². The van der Waals surface area contributed by atoms with E-state index in [1.807, 2.05) is 26.8 Å². The molecule has 1 aliphatic heterocycles. The normalized spacial score (nSPS) is 19.2. The summed E-state index contributed by atoms with van der Waals surface area (Å²) in [6.07, 6.45) is 6.10. The van der Waals surface area contributed by atoms with Crippen molar-refractivity contribution in [3.63, 3.8) is 0 Å². The lowest BCUT2D eigenvalue weighted by Crippen LogP contribution is -2.48. The van der Waals surface area contributed by atoms with Crippen LogP contribution in [-0.4, -0.2) is 44.1 Å². The molecule has 208 valence electrons. The molecule has 0 saturated carbocycles. The number of fused-ring (bicyclic) bond motifs is 1. The Morgan fingerprint density at radius 1 is 1.18 bits per heavy atom. The summed E-state index contributed by atoms with van der Waals surface area (Å²) in [4.78, 5) is 16.2. The Morgan fingerprint density at radius 3 is 2.59 bits per heavy atom. The van der Waals surface area contributed by atoms with Gasteiger partial charge in [0.2, 0.25) is 0 Å². The van der Waals surface area contributed by atoms with Crippen LogP contribution in [0.2, 0.25) is 5.02 Å². The molecule has 3 aromatic rings. The van der Waals surface area contributed by atoms with Crippen LogP contribution >= 0.6 is 23.4 Å². The van der Waals surface area contributed by atoms with E-state index in [0.717, 1.165) is 48.8 Å². The fourth-order valence-corrected chi connectivity index (χ4v) is 7.26. The zero-order valence-corrected chi connectivity index (χ0v) is 24.9. The molecule has 9 nitrogen and oxygen atoms in total. The van der Waals surface area contributed by atoms with Gasteiger partial charge in [0, 0.05) is 24.2 Å². The molecule has 3 heterocycles. The SMILES string of the molecule is COc1ccc2c(c1)[C@@H](N[S@](=O)C(C)(C)C)C1(CCN(c3cnc(Sc4ccnc(N)c4Cl)c(N)n3)CC1)C2. The molecule has 5 rings (SSSR count). The molecule has 1 spiro atoms. The minimum atomic E-state index is -1.21. The maximum absolute atomic E-state index is 13.2. The molecule has 1 fully saturated rings. The summed E-state index contributed by atoms with van der Waals surface area (Å²) in [6, 6.07) is 8.00. The van der Waals surface area contributed by atoms with Crippen LogP contribution in [0.5, 0.6) is 5.75 Å². The molecular formula is C27H34ClN7O2S2. The first-order valence-corrected chi connectivity index (χ1v) is 15.2.